The smallest absolute Gasteiger partial charge is 0.237 e. The third-order valence-electron chi connectivity index (χ3n) is 5.20. The molecule has 34 heavy (non-hydrogen) atoms. The van der Waals surface area contributed by atoms with Crippen LogP contribution in [0.4, 0.5) is 5.69 Å². The summed E-state index contributed by atoms with van der Waals surface area (Å²) in [7, 11) is 0. The summed E-state index contributed by atoms with van der Waals surface area (Å²) in [6.45, 7) is 5.99. The fourth-order valence-corrected chi connectivity index (χ4v) is 3.93. The number of hydrogen-bond donors (Lipinski definition) is 1. The molecule has 9 heteroatoms. The first-order valence-electron chi connectivity index (χ1n) is 10.5. The van der Waals surface area contributed by atoms with E-state index in [0.29, 0.717) is 22.2 Å². The van der Waals surface area contributed by atoms with Gasteiger partial charge in [-0.2, -0.15) is 5.26 Å². The van der Waals surface area contributed by atoms with Gasteiger partial charge in [-0.15, -0.1) is 10.2 Å². The van der Waals surface area contributed by atoms with Gasteiger partial charge in [0.25, 0.3) is 0 Å². The monoisotopic (exact) mass is 470 g/mol. The van der Waals surface area contributed by atoms with Crippen LogP contribution in [-0.2, 0) is 4.79 Å². The zero-order chi connectivity index (χ0) is 24.1. The van der Waals surface area contributed by atoms with Crippen LogP contribution in [0.25, 0.3) is 5.69 Å². The van der Waals surface area contributed by atoms with E-state index < -0.39 is 0 Å². The Balaban J connectivity index is 1.39. The zero-order valence-electron chi connectivity index (χ0n) is 18.9. The largest absolute Gasteiger partial charge is 0.438 e. The van der Waals surface area contributed by atoms with Gasteiger partial charge in [0, 0.05) is 17.6 Å². The predicted molar refractivity (Wildman–Crippen MR) is 130 cm³/mol. The maximum absolute atomic E-state index is 12.6. The molecule has 0 spiro atoms. The van der Waals surface area contributed by atoms with Crippen molar-refractivity contribution in [3.05, 3.63) is 83.3 Å². The van der Waals surface area contributed by atoms with Crippen LogP contribution in [0, 0.1) is 32.1 Å². The summed E-state index contributed by atoms with van der Waals surface area (Å²) in [6, 6.07) is 16.8. The highest BCUT2D eigenvalue weighted by Crippen LogP contribution is 2.27. The van der Waals surface area contributed by atoms with Gasteiger partial charge in [0.05, 0.1) is 5.75 Å². The van der Waals surface area contributed by atoms with E-state index in [2.05, 4.69) is 52.5 Å². The number of nitriles is 1. The molecule has 0 saturated carbocycles. The average molecular weight is 471 g/mol. The fraction of sp³-hybridized carbons (Fsp3) is 0.160. The lowest BCUT2D eigenvalue weighted by Gasteiger charge is -2.12. The Morgan fingerprint density at radius 3 is 2.74 bits per heavy atom. The maximum Gasteiger partial charge on any atom is 0.237 e. The Labute approximate surface area is 201 Å². The highest BCUT2D eigenvalue weighted by Gasteiger charge is 2.13. The molecule has 2 aromatic heterocycles. The first kappa shape index (κ1) is 23.0. The second-order valence-corrected chi connectivity index (χ2v) is 8.58. The van der Waals surface area contributed by atoms with Crippen LogP contribution in [0.15, 0.2) is 66.2 Å². The molecule has 8 nitrogen and oxygen atoms in total. The van der Waals surface area contributed by atoms with Crippen LogP contribution in [0.3, 0.4) is 0 Å². The van der Waals surface area contributed by atoms with Crippen molar-refractivity contribution in [1.82, 2.24) is 19.7 Å². The summed E-state index contributed by atoms with van der Waals surface area (Å²) in [4.78, 5) is 16.7. The third kappa shape index (κ3) is 5.24. The van der Waals surface area contributed by atoms with E-state index in [-0.39, 0.29) is 17.5 Å². The first-order chi connectivity index (χ1) is 16.4. The van der Waals surface area contributed by atoms with Crippen LogP contribution in [0.2, 0.25) is 0 Å². The molecule has 0 aliphatic heterocycles. The van der Waals surface area contributed by atoms with Crippen LogP contribution >= 0.6 is 11.8 Å². The number of aromatic nitrogens is 4. The number of rotatable bonds is 7. The number of thioether (sulfide) groups is 1. The van der Waals surface area contributed by atoms with E-state index in [4.69, 9.17) is 4.74 Å². The van der Waals surface area contributed by atoms with Crippen molar-refractivity contribution in [3.8, 4) is 23.4 Å². The third-order valence-corrected chi connectivity index (χ3v) is 6.14. The minimum atomic E-state index is -0.159. The van der Waals surface area contributed by atoms with E-state index >= 15 is 0 Å². The Bertz CT molecular complexity index is 1390. The van der Waals surface area contributed by atoms with Crippen molar-refractivity contribution >= 4 is 23.4 Å². The Kier molecular flexibility index (Phi) is 6.90. The SMILES string of the molecule is Cc1ccc(-n2cnnc2SCC(=O)Nc2ccc(Oc3ncccc3C#N)cc2C)cc1C. The van der Waals surface area contributed by atoms with Crippen molar-refractivity contribution in [2.24, 2.45) is 0 Å². The summed E-state index contributed by atoms with van der Waals surface area (Å²) < 4.78 is 7.61. The highest BCUT2D eigenvalue weighted by molar-refractivity contribution is 7.99. The van der Waals surface area contributed by atoms with Gasteiger partial charge in [-0.05, 0) is 79.9 Å². The van der Waals surface area contributed by atoms with Crippen LogP contribution in [-0.4, -0.2) is 31.4 Å². The lowest BCUT2D eigenvalue weighted by atomic mass is 10.1. The number of anilines is 1. The molecule has 0 saturated heterocycles. The van der Waals surface area contributed by atoms with E-state index in [1.165, 1.54) is 22.9 Å². The molecule has 2 heterocycles. The van der Waals surface area contributed by atoms with Crippen molar-refractivity contribution in [1.29, 1.82) is 5.26 Å². The Morgan fingerprint density at radius 2 is 1.97 bits per heavy atom. The minimum absolute atomic E-state index is 0.159. The summed E-state index contributed by atoms with van der Waals surface area (Å²) >= 11 is 1.31. The molecule has 4 aromatic rings. The molecule has 4 rings (SSSR count). The number of carbonyl (C=O) groups excluding carboxylic acids is 1. The molecule has 1 N–H and O–H groups in total. The molecule has 170 valence electrons. The number of hydrogen-bond acceptors (Lipinski definition) is 7. The van der Waals surface area contributed by atoms with Gasteiger partial charge in [0.15, 0.2) is 5.16 Å². The summed E-state index contributed by atoms with van der Waals surface area (Å²) in [5.41, 5.74) is 5.19. The van der Waals surface area contributed by atoms with Gasteiger partial charge >= 0.3 is 0 Å². The second-order valence-electron chi connectivity index (χ2n) is 7.64. The minimum Gasteiger partial charge on any atom is -0.438 e. The number of pyridine rings is 1. The summed E-state index contributed by atoms with van der Waals surface area (Å²) in [6.07, 6.45) is 3.21. The first-order valence-corrected chi connectivity index (χ1v) is 11.5. The number of benzene rings is 2. The number of nitrogens with one attached hydrogen (secondary N) is 1. The standard InChI is InChI=1S/C25H22N6O2S/c1-16-6-7-20(11-17(16)2)31-15-28-30-25(31)34-14-23(32)29-22-9-8-21(12-18(22)3)33-24-19(13-26)5-4-10-27-24/h4-12,15H,14H2,1-3H3,(H,29,32). The molecular weight excluding hydrogens is 448 g/mol. The van der Waals surface area contributed by atoms with E-state index in [1.54, 1.807) is 42.9 Å². The fourth-order valence-electron chi connectivity index (χ4n) is 3.20. The molecule has 0 unspecified atom stereocenters. The lowest BCUT2D eigenvalue weighted by molar-refractivity contribution is -0.113. The van der Waals surface area contributed by atoms with Crippen LogP contribution < -0.4 is 10.1 Å². The Morgan fingerprint density at radius 1 is 1.12 bits per heavy atom. The zero-order valence-corrected chi connectivity index (χ0v) is 19.8. The molecule has 0 atom stereocenters. The normalized spacial score (nSPS) is 10.5. The molecule has 1 amide bonds. The Hall–Kier alpha value is -4.16. The molecular formula is C25H22N6O2S. The van der Waals surface area contributed by atoms with E-state index in [9.17, 15) is 10.1 Å². The van der Waals surface area contributed by atoms with Gasteiger partial charge < -0.3 is 10.1 Å². The molecule has 0 aliphatic carbocycles. The molecule has 0 radical (unpaired) electrons. The van der Waals surface area contributed by atoms with Crippen molar-refractivity contribution in [3.63, 3.8) is 0 Å². The van der Waals surface area contributed by atoms with Crippen molar-refractivity contribution < 1.29 is 9.53 Å². The van der Waals surface area contributed by atoms with Crippen LogP contribution in [0.5, 0.6) is 11.6 Å². The van der Waals surface area contributed by atoms with Gasteiger partial charge in [0.2, 0.25) is 11.8 Å². The average Bonchev–Trinajstić information content (AvgIpc) is 3.30. The van der Waals surface area contributed by atoms with Gasteiger partial charge in [-0.3, -0.25) is 9.36 Å². The molecule has 0 fully saturated rings. The van der Waals surface area contributed by atoms with Gasteiger partial charge in [-0.25, -0.2) is 4.98 Å². The number of ether oxygens (including phenoxy) is 1. The number of aryl methyl sites for hydroxylation is 3. The number of nitrogens with zero attached hydrogens (tertiary/aromatic N) is 5. The van der Waals surface area contributed by atoms with Crippen LogP contribution in [0.1, 0.15) is 22.3 Å². The molecule has 0 aliphatic rings. The van der Waals surface area contributed by atoms with E-state index in [0.717, 1.165) is 11.3 Å². The quantitative estimate of drug-likeness (QED) is 0.380. The van der Waals surface area contributed by atoms with Gasteiger partial charge in [-0.1, -0.05) is 17.8 Å². The summed E-state index contributed by atoms with van der Waals surface area (Å²) in [5, 5.41) is 20.9. The van der Waals surface area contributed by atoms with Crippen molar-refractivity contribution in [2.45, 2.75) is 25.9 Å². The number of amides is 1. The lowest BCUT2D eigenvalue weighted by Crippen LogP contribution is -2.15. The maximum atomic E-state index is 12.6. The van der Waals surface area contributed by atoms with Gasteiger partial charge in [0.1, 0.15) is 23.7 Å². The topological polar surface area (TPSA) is 106 Å². The molecule has 0 bridgehead atoms. The highest BCUT2D eigenvalue weighted by atomic mass is 32.2. The predicted octanol–water partition coefficient (Wildman–Crippen LogP) is 4.98. The second kappa shape index (κ2) is 10.2. The molecule has 2 aromatic carbocycles. The number of carbonyl (C=O) groups is 1. The van der Waals surface area contributed by atoms with Crippen molar-refractivity contribution in [2.75, 3.05) is 11.1 Å². The summed E-state index contributed by atoms with van der Waals surface area (Å²) in [5.74, 6) is 0.792. The van der Waals surface area contributed by atoms with E-state index in [1.807, 2.05) is 17.6 Å².